The molecule has 0 spiro atoms. The Bertz CT molecular complexity index is 567. The number of phenols is 1. The Balaban J connectivity index is 1.97. The number of fused-ring (bicyclic) bond motifs is 1. The molecule has 0 heterocycles. The second kappa shape index (κ2) is 5.36. The van der Waals surface area contributed by atoms with Gasteiger partial charge in [0.15, 0.2) is 0 Å². The van der Waals surface area contributed by atoms with Crippen LogP contribution >= 0.6 is 0 Å². The number of benzene rings is 2. The summed E-state index contributed by atoms with van der Waals surface area (Å²) >= 11 is 0. The predicted octanol–water partition coefficient (Wildman–Crippen LogP) is 3.46. The van der Waals surface area contributed by atoms with Gasteiger partial charge in [0.05, 0.1) is 6.61 Å². The van der Waals surface area contributed by atoms with Crippen LogP contribution in [0.2, 0.25) is 0 Å². The third kappa shape index (κ3) is 4.03. The summed E-state index contributed by atoms with van der Waals surface area (Å²) in [7, 11) is 0. The van der Waals surface area contributed by atoms with Crippen molar-refractivity contribution in [2.45, 2.75) is 6.36 Å². The summed E-state index contributed by atoms with van der Waals surface area (Å²) in [6.45, 7) is -0.772. The SMILES string of the molecule is Oc1ccc2ccc(OCCOC(F)(F)F)cc2c1. The summed E-state index contributed by atoms with van der Waals surface area (Å²) in [4.78, 5) is 0. The van der Waals surface area contributed by atoms with Crippen LogP contribution in [-0.2, 0) is 4.74 Å². The summed E-state index contributed by atoms with van der Waals surface area (Å²) in [5, 5.41) is 11.0. The van der Waals surface area contributed by atoms with Gasteiger partial charge in [-0.1, -0.05) is 12.1 Å². The highest BCUT2D eigenvalue weighted by atomic mass is 19.4. The maximum absolute atomic E-state index is 11.7. The zero-order chi connectivity index (χ0) is 13.9. The molecular formula is C13H11F3O3. The smallest absolute Gasteiger partial charge is 0.508 e. The fourth-order valence-corrected chi connectivity index (χ4v) is 1.62. The van der Waals surface area contributed by atoms with Gasteiger partial charge in [-0.25, -0.2) is 0 Å². The van der Waals surface area contributed by atoms with Gasteiger partial charge < -0.3 is 9.84 Å². The third-order valence-corrected chi connectivity index (χ3v) is 2.41. The van der Waals surface area contributed by atoms with Crippen molar-refractivity contribution < 1.29 is 27.8 Å². The lowest BCUT2D eigenvalue weighted by Crippen LogP contribution is -2.18. The van der Waals surface area contributed by atoms with Crippen molar-refractivity contribution in [2.24, 2.45) is 0 Å². The Kier molecular flexibility index (Phi) is 3.80. The van der Waals surface area contributed by atoms with E-state index in [9.17, 15) is 18.3 Å². The highest BCUT2D eigenvalue weighted by Gasteiger charge is 2.28. The van der Waals surface area contributed by atoms with E-state index >= 15 is 0 Å². The van der Waals surface area contributed by atoms with E-state index in [-0.39, 0.29) is 12.4 Å². The quantitative estimate of drug-likeness (QED) is 0.866. The first kappa shape index (κ1) is 13.5. The molecule has 3 nitrogen and oxygen atoms in total. The molecule has 0 unspecified atom stereocenters. The van der Waals surface area contributed by atoms with Crippen LogP contribution in [-0.4, -0.2) is 24.7 Å². The van der Waals surface area contributed by atoms with Gasteiger partial charge in [-0.2, -0.15) is 0 Å². The lowest BCUT2D eigenvalue weighted by Gasteiger charge is -2.09. The van der Waals surface area contributed by atoms with Crippen LogP contribution in [0.15, 0.2) is 36.4 Å². The molecule has 1 N–H and O–H groups in total. The predicted molar refractivity (Wildman–Crippen MR) is 63.1 cm³/mol. The standard InChI is InChI=1S/C13H11F3O3/c14-13(15,16)19-6-5-18-12-4-2-9-1-3-11(17)7-10(9)8-12/h1-4,7-8,17H,5-6H2. The average Bonchev–Trinajstić information content (AvgIpc) is 2.33. The molecule has 0 amide bonds. The molecule has 19 heavy (non-hydrogen) atoms. The summed E-state index contributed by atoms with van der Waals surface area (Å²) in [5.74, 6) is 0.536. The summed E-state index contributed by atoms with van der Waals surface area (Å²) < 4.78 is 43.9. The van der Waals surface area contributed by atoms with E-state index in [1.807, 2.05) is 0 Å². The second-order valence-corrected chi connectivity index (χ2v) is 3.84. The molecule has 2 rings (SSSR count). The van der Waals surface area contributed by atoms with Gasteiger partial charge in [-0.15, -0.1) is 13.2 Å². The van der Waals surface area contributed by atoms with Crippen molar-refractivity contribution in [3.05, 3.63) is 36.4 Å². The molecule has 0 saturated heterocycles. The van der Waals surface area contributed by atoms with E-state index < -0.39 is 13.0 Å². The second-order valence-electron chi connectivity index (χ2n) is 3.84. The third-order valence-electron chi connectivity index (χ3n) is 2.41. The normalized spacial score (nSPS) is 11.7. The minimum absolute atomic E-state index is 0.116. The lowest BCUT2D eigenvalue weighted by molar-refractivity contribution is -0.325. The first-order valence-electron chi connectivity index (χ1n) is 5.50. The number of halogens is 3. The fraction of sp³-hybridized carbons (Fsp3) is 0.231. The zero-order valence-electron chi connectivity index (χ0n) is 9.78. The molecule has 0 aliphatic rings. The highest BCUT2D eigenvalue weighted by molar-refractivity contribution is 5.85. The van der Waals surface area contributed by atoms with Gasteiger partial charge in [0, 0.05) is 0 Å². The number of rotatable bonds is 4. The Hall–Kier alpha value is -1.95. The van der Waals surface area contributed by atoms with E-state index in [0.717, 1.165) is 10.8 Å². The monoisotopic (exact) mass is 272 g/mol. The van der Waals surface area contributed by atoms with Crippen LogP contribution in [0.25, 0.3) is 10.8 Å². The molecule has 0 fully saturated rings. The summed E-state index contributed by atoms with van der Waals surface area (Å²) in [6, 6.07) is 9.89. The number of aromatic hydroxyl groups is 1. The molecule has 0 aliphatic carbocycles. The number of phenolic OH excluding ortho intramolecular Hbond substituents is 1. The van der Waals surface area contributed by atoms with Crippen molar-refractivity contribution in [2.75, 3.05) is 13.2 Å². The lowest BCUT2D eigenvalue weighted by atomic mass is 10.1. The highest BCUT2D eigenvalue weighted by Crippen LogP contribution is 2.24. The molecule has 0 atom stereocenters. The Morgan fingerprint density at radius 3 is 2.42 bits per heavy atom. The molecule has 0 aromatic heterocycles. The number of hydrogen-bond acceptors (Lipinski definition) is 3. The van der Waals surface area contributed by atoms with E-state index in [4.69, 9.17) is 4.74 Å². The molecule has 0 saturated carbocycles. The maximum atomic E-state index is 11.7. The first-order chi connectivity index (χ1) is 8.94. The van der Waals surface area contributed by atoms with Crippen LogP contribution in [0.1, 0.15) is 0 Å². The van der Waals surface area contributed by atoms with Gasteiger partial charge in [0.1, 0.15) is 18.1 Å². The van der Waals surface area contributed by atoms with Crippen LogP contribution in [0.4, 0.5) is 13.2 Å². The van der Waals surface area contributed by atoms with Crippen LogP contribution in [0.3, 0.4) is 0 Å². The minimum atomic E-state index is -4.64. The fourth-order valence-electron chi connectivity index (χ4n) is 1.62. The zero-order valence-corrected chi connectivity index (χ0v) is 9.78. The largest absolute Gasteiger partial charge is 0.522 e. The number of hydrogen-bond donors (Lipinski definition) is 1. The molecule has 6 heteroatoms. The van der Waals surface area contributed by atoms with Crippen molar-refractivity contribution in [3.63, 3.8) is 0 Å². The van der Waals surface area contributed by atoms with Gasteiger partial charge in [0.2, 0.25) is 0 Å². The molecule has 0 aliphatic heterocycles. The Morgan fingerprint density at radius 2 is 1.68 bits per heavy atom. The molecule has 0 radical (unpaired) electrons. The van der Waals surface area contributed by atoms with Crippen LogP contribution < -0.4 is 4.74 Å². The van der Waals surface area contributed by atoms with Crippen molar-refractivity contribution in [1.29, 1.82) is 0 Å². The van der Waals surface area contributed by atoms with Crippen molar-refractivity contribution >= 4 is 10.8 Å². The van der Waals surface area contributed by atoms with E-state index in [1.165, 1.54) is 0 Å². The van der Waals surface area contributed by atoms with Gasteiger partial charge in [0.25, 0.3) is 0 Å². The number of alkyl halides is 3. The average molecular weight is 272 g/mol. The molecule has 2 aromatic carbocycles. The van der Waals surface area contributed by atoms with Crippen molar-refractivity contribution in [3.8, 4) is 11.5 Å². The van der Waals surface area contributed by atoms with Gasteiger partial charge in [-0.05, 0) is 35.0 Å². The first-order valence-corrected chi connectivity index (χ1v) is 5.50. The van der Waals surface area contributed by atoms with Crippen LogP contribution in [0.5, 0.6) is 11.5 Å². The van der Waals surface area contributed by atoms with E-state index in [0.29, 0.717) is 5.75 Å². The molecule has 2 aromatic rings. The van der Waals surface area contributed by atoms with Crippen molar-refractivity contribution in [1.82, 2.24) is 0 Å². The van der Waals surface area contributed by atoms with E-state index in [2.05, 4.69) is 4.74 Å². The van der Waals surface area contributed by atoms with E-state index in [1.54, 1.807) is 36.4 Å². The molecule has 102 valence electrons. The maximum Gasteiger partial charge on any atom is 0.522 e. The molecular weight excluding hydrogens is 261 g/mol. The Labute approximate surface area is 107 Å². The van der Waals surface area contributed by atoms with Gasteiger partial charge >= 0.3 is 6.36 Å². The van der Waals surface area contributed by atoms with Crippen LogP contribution in [0, 0.1) is 0 Å². The summed E-state index contributed by atoms with van der Waals surface area (Å²) in [6.07, 6.45) is -4.64. The minimum Gasteiger partial charge on any atom is -0.508 e. The Morgan fingerprint density at radius 1 is 0.947 bits per heavy atom. The molecule has 0 bridgehead atoms. The summed E-state index contributed by atoms with van der Waals surface area (Å²) in [5.41, 5.74) is 0. The topological polar surface area (TPSA) is 38.7 Å². The number of ether oxygens (including phenoxy) is 2. The van der Waals surface area contributed by atoms with Gasteiger partial charge in [-0.3, -0.25) is 4.74 Å².